The van der Waals surface area contributed by atoms with E-state index in [1.165, 1.54) is 0 Å². The van der Waals surface area contributed by atoms with E-state index in [2.05, 4.69) is 25.7 Å². The van der Waals surface area contributed by atoms with Gasteiger partial charge in [-0.3, -0.25) is 4.79 Å². The van der Waals surface area contributed by atoms with E-state index in [4.69, 9.17) is 14.2 Å². The van der Waals surface area contributed by atoms with Gasteiger partial charge >= 0.3 is 5.97 Å². The summed E-state index contributed by atoms with van der Waals surface area (Å²) in [5.74, 6) is -0.115. The van der Waals surface area contributed by atoms with Crippen LogP contribution < -0.4 is 0 Å². The first-order valence-corrected chi connectivity index (χ1v) is 10.1. The van der Waals surface area contributed by atoms with Gasteiger partial charge in [0.25, 0.3) is 0 Å². The molecule has 0 amide bonds. The summed E-state index contributed by atoms with van der Waals surface area (Å²) in [5.41, 5.74) is 0. The summed E-state index contributed by atoms with van der Waals surface area (Å²) in [7, 11) is 4.01. The second-order valence-corrected chi connectivity index (χ2v) is 7.40. The molecule has 0 aliphatic carbocycles. The van der Waals surface area contributed by atoms with Crippen molar-refractivity contribution in [1.82, 2.24) is 4.90 Å². The van der Waals surface area contributed by atoms with Gasteiger partial charge in [0.15, 0.2) is 5.79 Å². The van der Waals surface area contributed by atoms with Gasteiger partial charge in [-0.25, -0.2) is 0 Å². The number of rotatable bonds is 13. The van der Waals surface area contributed by atoms with Crippen molar-refractivity contribution in [3.63, 3.8) is 0 Å². The molecule has 2 unspecified atom stereocenters. The molecule has 0 N–H and O–H groups in total. The highest BCUT2D eigenvalue weighted by molar-refractivity contribution is 5.69. The van der Waals surface area contributed by atoms with Gasteiger partial charge in [0.05, 0.1) is 19.3 Å². The molecule has 2 atom stereocenters. The molecule has 5 nitrogen and oxygen atoms in total. The highest BCUT2D eigenvalue weighted by Crippen LogP contribution is 2.39. The van der Waals surface area contributed by atoms with E-state index in [1.54, 1.807) is 0 Å². The molecule has 1 aliphatic rings. The topological polar surface area (TPSA) is 48.0 Å². The van der Waals surface area contributed by atoms with Crippen LogP contribution in [0.3, 0.4) is 0 Å². The number of hydrogen-bond acceptors (Lipinski definition) is 5. The monoisotopic (exact) mass is 357 g/mol. The van der Waals surface area contributed by atoms with Crippen molar-refractivity contribution in [2.24, 2.45) is 5.92 Å². The SMILES string of the molecule is CCCCC1(C(CC)CC)OCC(CCOC(=O)CCCN(C)C)O1. The Kier molecular flexibility index (Phi) is 10.6. The Labute approximate surface area is 154 Å². The van der Waals surface area contributed by atoms with E-state index in [0.29, 0.717) is 32.0 Å². The van der Waals surface area contributed by atoms with Crippen LogP contribution in [0.2, 0.25) is 0 Å². The summed E-state index contributed by atoms with van der Waals surface area (Å²) in [6.45, 7) is 8.54. The van der Waals surface area contributed by atoms with Gasteiger partial charge in [0.1, 0.15) is 0 Å². The lowest BCUT2D eigenvalue weighted by Crippen LogP contribution is -2.39. The summed E-state index contributed by atoms with van der Waals surface area (Å²) >= 11 is 0. The molecule has 0 saturated carbocycles. The first-order valence-electron chi connectivity index (χ1n) is 10.1. The van der Waals surface area contributed by atoms with E-state index < -0.39 is 5.79 Å². The van der Waals surface area contributed by atoms with E-state index in [9.17, 15) is 4.79 Å². The largest absolute Gasteiger partial charge is 0.466 e. The van der Waals surface area contributed by atoms with Crippen molar-refractivity contribution < 1.29 is 19.0 Å². The molecule has 0 aromatic rings. The molecule has 0 aromatic heterocycles. The number of ether oxygens (including phenoxy) is 3. The van der Waals surface area contributed by atoms with Crippen LogP contribution in [-0.4, -0.2) is 56.6 Å². The van der Waals surface area contributed by atoms with Gasteiger partial charge in [0, 0.05) is 25.2 Å². The lowest BCUT2D eigenvalue weighted by atomic mass is 9.89. The molecule has 0 bridgehead atoms. The Morgan fingerprint density at radius 2 is 1.96 bits per heavy atom. The van der Waals surface area contributed by atoms with Gasteiger partial charge in [-0.05, 0) is 46.3 Å². The van der Waals surface area contributed by atoms with Crippen molar-refractivity contribution in [1.29, 1.82) is 0 Å². The number of nitrogens with zero attached hydrogens (tertiary/aromatic N) is 1. The molecular formula is C20H39NO4. The van der Waals surface area contributed by atoms with Gasteiger partial charge < -0.3 is 19.1 Å². The molecule has 148 valence electrons. The van der Waals surface area contributed by atoms with Crippen molar-refractivity contribution in [3.8, 4) is 0 Å². The molecule has 1 saturated heterocycles. The molecule has 0 aromatic carbocycles. The Hall–Kier alpha value is -0.650. The van der Waals surface area contributed by atoms with Crippen LogP contribution in [0.1, 0.15) is 72.1 Å². The zero-order chi connectivity index (χ0) is 18.7. The van der Waals surface area contributed by atoms with Gasteiger partial charge in [-0.2, -0.15) is 0 Å². The van der Waals surface area contributed by atoms with E-state index in [0.717, 1.165) is 45.1 Å². The zero-order valence-corrected chi connectivity index (χ0v) is 17.0. The number of carbonyl (C=O) groups is 1. The minimum absolute atomic E-state index is 0.0343. The fourth-order valence-corrected chi connectivity index (χ4v) is 3.53. The Bertz CT molecular complexity index is 371. The lowest BCUT2D eigenvalue weighted by molar-refractivity contribution is -0.212. The van der Waals surface area contributed by atoms with Gasteiger partial charge in [0.2, 0.25) is 0 Å². The average molecular weight is 358 g/mol. The van der Waals surface area contributed by atoms with Crippen molar-refractivity contribution in [2.75, 3.05) is 33.9 Å². The molecule has 5 heteroatoms. The van der Waals surface area contributed by atoms with E-state index in [1.807, 2.05) is 14.1 Å². The minimum Gasteiger partial charge on any atom is -0.466 e. The Balaban J connectivity index is 2.37. The van der Waals surface area contributed by atoms with Crippen molar-refractivity contribution in [3.05, 3.63) is 0 Å². The Morgan fingerprint density at radius 3 is 2.56 bits per heavy atom. The van der Waals surface area contributed by atoms with Crippen LogP contribution in [0.4, 0.5) is 0 Å². The first-order chi connectivity index (χ1) is 12.0. The molecule has 0 spiro atoms. The van der Waals surface area contributed by atoms with Crippen molar-refractivity contribution >= 4 is 5.97 Å². The third kappa shape index (κ3) is 7.63. The standard InChI is InChI=1S/C20H39NO4/c1-6-9-13-20(17(7-2)8-3)24-16-18(25-20)12-15-23-19(22)11-10-14-21(4)5/h17-18H,6-16H2,1-5H3. The summed E-state index contributed by atoms with van der Waals surface area (Å²) in [5, 5.41) is 0. The smallest absolute Gasteiger partial charge is 0.305 e. The molecule has 1 heterocycles. The van der Waals surface area contributed by atoms with Crippen LogP contribution in [0, 0.1) is 5.92 Å². The van der Waals surface area contributed by atoms with Crippen LogP contribution >= 0.6 is 0 Å². The maximum Gasteiger partial charge on any atom is 0.305 e. The van der Waals surface area contributed by atoms with Gasteiger partial charge in [-0.15, -0.1) is 0 Å². The number of esters is 1. The molecule has 1 aliphatic heterocycles. The molecule has 1 fully saturated rings. The van der Waals surface area contributed by atoms with Crippen LogP contribution in [-0.2, 0) is 19.0 Å². The van der Waals surface area contributed by atoms with E-state index >= 15 is 0 Å². The number of carbonyl (C=O) groups excluding carboxylic acids is 1. The zero-order valence-electron chi connectivity index (χ0n) is 17.0. The summed E-state index contributed by atoms with van der Waals surface area (Å²) in [6.07, 6.45) is 7.41. The predicted octanol–water partition coefficient (Wildman–Crippen LogP) is 4.00. The molecule has 25 heavy (non-hydrogen) atoms. The highest BCUT2D eigenvalue weighted by atomic mass is 16.7. The lowest BCUT2D eigenvalue weighted by Gasteiger charge is -2.35. The average Bonchev–Trinajstić information content (AvgIpc) is 2.98. The van der Waals surface area contributed by atoms with Crippen molar-refractivity contribution in [2.45, 2.75) is 84.0 Å². The molecule has 0 radical (unpaired) electrons. The maximum absolute atomic E-state index is 11.8. The quantitative estimate of drug-likeness (QED) is 0.466. The van der Waals surface area contributed by atoms with Crippen LogP contribution in [0.15, 0.2) is 0 Å². The fourth-order valence-electron chi connectivity index (χ4n) is 3.53. The second kappa shape index (κ2) is 11.9. The molecular weight excluding hydrogens is 318 g/mol. The predicted molar refractivity (Wildman–Crippen MR) is 101 cm³/mol. The van der Waals surface area contributed by atoms with Gasteiger partial charge in [-0.1, -0.05) is 27.2 Å². The molecule has 1 rings (SSSR count). The first kappa shape index (κ1) is 22.4. The van der Waals surface area contributed by atoms with Crippen LogP contribution in [0.25, 0.3) is 0 Å². The third-order valence-electron chi connectivity index (χ3n) is 5.06. The summed E-state index contributed by atoms with van der Waals surface area (Å²) < 4.78 is 17.9. The second-order valence-electron chi connectivity index (χ2n) is 7.40. The number of unbranched alkanes of at least 4 members (excludes halogenated alkanes) is 1. The van der Waals surface area contributed by atoms with E-state index in [-0.39, 0.29) is 12.1 Å². The maximum atomic E-state index is 11.8. The fraction of sp³-hybridized carbons (Fsp3) is 0.950. The number of hydrogen-bond donors (Lipinski definition) is 0. The minimum atomic E-state index is -0.431. The summed E-state index contributed by atoms with van der Waals surface area (Å²) in [6, 6.07) is 0. The normalized spacial score (nSPS) is 23.6. The third-order valence-corrected chi connectivity index (χ3v) is 5.06. The Morgan fingerprint density at radius 1 is 1.24 bits per heavy atom. The van der Waals surface area contributed by atoms with Crippen LogP contribution in [0.5, 0.6) is 0 Å². The summed E-state index contributed by atoms with van der Waals surface area (Å²) in [4.78, 5) is 13.8. The highest BCUT2D eigenvalue weighted by Gasteiger charge is 2.45.